The minimum absolute atomic E-state index is 0.313. The maximum Gasteiger partial charge on any atom is 0.225 e. The Bertz CT molecular complexity index is 370. The van der Waals surface area contributed by atoms with Crippen LogP contribution in [0.15, 0.2) is 12.3 Å². The van der Waals surface area contributed by atoms with E-state index in [9.17, 15) is 0 Å². The third-order valence-electron chi connectivity index (χ3n) is 3.47. The molecule has 0 aromatic carbocycles. The normalized spacial score (nSPS) is 23.7. The quantitative estimate of drug-likeness (QED) is 0.870. The molecule has 0 aliphatic heterocycles. The van der Waals surface area contributed by atoms with E-state index in [4.69, 9.17) is 4.74 Å². The molecule has 2 unspecified atom stereocenters. The fourth-order valence-corrected chi connectivity index (χ4v) is 2.34. The highest BCUT2D eigenvalue weighted by Gasteiger charge is 2.23. The molecular weight excluding hydrogens is 226 g/mol. The molecular formula is C14H23N3O. The summed E-state index contributed by atoms with van der Waals surface area (Å²) in [5, 5.41) is 3.18. The van der Waals surface area contributed by atoms with Gasteiger partial charge in [-0.15, -0.1) is 0 Å². The summed E-state index contributed by atoms with van der Waals surface area (Å²) >= 11 is 0. The van der Waals surface area contributed by atoms with Gasteiger partial charge in [-0.2, -0.15) is 4.98 Å². The molecule has 1 aromatic heterocycles. The van der Waals surface area contributed by atoms with Gasteiger partial charge in [0, 0.05) is 18.8 Å². The van der Waals surface area contributed by atoms with Crippen LogP contribution in [-0.2, 0) is 0 Å². The molecule has 0 saturated heterocycles. The summed E-state index contributed by atoms with van der Waals surface area (Å²) in [7, 11) is 0. The summed E-state index contributed by atoms with van der Waals surface area (Å²) in [5.74, 6) is 1.99. The molecule has 4 nitrogen and oxygen atoms in total. The molecule has 1 aliphatic carbocycles. The zero-order valence-corrected chi connectivity index (χ0v) is 11.4. The first-order valence-corrected chi connectivity index (χ1v) is 7.03. The first-order chi connectivity index (χ1) is 8.79. The molecule has 2 atom stereocenters. The Kier molecular flexibility index (Phi) is 4.79. The van der Waals surface area contributed by atoms with Crippen LogP contribution >= 0.6 is 0 Å². The van der Waals surface area contributed by atoms with E-state index in [1.54, 1.807) is 6.20 Å². The number of nitrogens with zero attached hydrogens (tertiary/aromatic N) is 2. The molecule has 4 heteroatoms. The van der Waals surface area contributed by atoms with Crippen molar-refractivity contribution >= 4 is 5.95 Å². The van der Waals surface area contributed by atoms with Gasteiger partial charge >= 0.3 is 0 Å². The predicted octanol–water partition coefficient (Wildman–Crippen LogP) is 3.26. The van der Waals surface area contributed by atoms with Gasteiger partial charge in [-0.1, -0.05) is 20.3 Å². The van der Waals surface area contributed by atoms with Crippen LogP contribution in [0.5, 0.6) is 5.88 Å². The van der Waals surface area contributed by atoms with Gasteiger partial charge in [-0.05, 0) is 31.6 Å². The number of ether oxygens (including phenoxy) is 1. The fourth-order valence-electron chi connectivity index (χ4n) is 2.34. The van der Waals surface area contributed by atoms with Gasteiger partial charge in [-0.3, -0.25) is 0 Å². The van der Waals surface area contributed by atoms with Crippen molar-refractivity contribution in [1.82, 2.24) is 9.97 Å². The Balaban J connectivity index is 1.95. The molecule has 1 saturated carbocycles. The lowest BCUT2D eigenvalue weighted by Gasteiger charge is -2.28. The Morgan fingerprint density at radius 1 is 1.39 bits per heavy atom. The van der Waals surface area contributed by atoms with Crippen LogP contribution in [0.4, 0.5) is 5.95 Å². The molecule has 100 valence electrons. The van der Waals surface area contributed by atoms with E-state index < -0.39 is 0 Å². The minimum Gasteiger partial charge on any atom is -0.474 e. The van der Waals surface area contributed by atoms with E-state index in [1.807, 2.05) is 6.07 Å². The highest BCUT2D eigenvalue weighted by Crippen LogP contribution is 2.27. The number of hydrogen-bond acceptors (Lipinski definition) is 4. The summed E-state index contributed by atoms with van der Waals surface area (Å²) in [6.07, 6.45) is 8.13. The van der Waals surface area contributed by atoms with Gasteiger partial charge in [0.1, 0.15) is 6.10 Å². The van der Waals surface area contributed by atoms with Crippen LogP contribution in [0, 0.1) is 5.92 Å². The highest BCUT2D eigenvalue weighted by atomic mass is 16.5. The van der Waals surface area contributed by atoms with E-state index in [0.717, 1.165) is 19.4 Å². The first kappa shape index (κ1) is 13.1. The molecule has 2 rings (SSSR count). The summed E-state index contributed by atoms with van der Waals surface area (Å²) in [4.78, 5) is 8.58. The monoisotopic (exact) mass is 249 g/mol. The minimum atomic E-state index is 0.313. The van der Waals surface area contributed by atoms with Crippen molar-refractivity contribution in [3.63, 3.8) is 0 Å². The Labute approximate surface area is 109 Å². The van der Waals surface area contributed by atoms with Crippen molar-refractivity contribution in [3.05, 3.63) is 12.3 Å². The second kappa shape index (κ2) is 6.57. The Morgan fingerprint density at radius 2 is 2.22 bits per heavy atom. The standard InChI is InChI=1S/C14H23N3O/c1-3-9-15-14-16-10-8-13(17-14)18-12-7-5-4-6-11(12)2/h8,10-12H,3-7,9H2,1-2H3,(H,15,16,17). The molecule has 0 amide bonds. The lowest BCUT2D eigenvalue weighted by molar-refractivity contribution is 0.0976. The third kappa shape index (κ3) is 3.59. The van der Waals surface area contributed by atoms with Gasteiger partial charge in [0.05, 0.1) is 0 Å². The molecule has 1 fully saturated rings. The van der Waals surface area contributed by atoms with Crippen LogP contribution in [0.1, 0.15) is 46.0 Å². The van der Waals surface area contributed by atoms with Crippen molar-refractivity contribution in [2.45, 2.75) is 52.1 Å². The topological polar surface area (TPSA) is 47.0 Å². The second-order valence-electron chi connectivity index (χ2n) is 5.06. The molecule has 0 bridgehead atoms. The van der Waals surface area contributed by atoms with Gasteiger partial charge in [-0.25, -0.2) is 4.98 Å². The number of aromatic nitrogens is 2. The third-order valence-corrected chi connectivity index (χ3v) is 3.47. The van der Waals surface area contributed by atoms with E-state index >= 15 is 0 Å². The van der Waals surface area contributed by atoms with Crippen molar-refractivity contribution in [3.8, 4) is 5.88 Å². The van der Waals surface area contributed by atoms with Crippen molar-refractivity contribution in [2.75, 3.05) is 11.9 Å². The molecule has 0 radical (unpaired) electrons. The highest BCUT2D eigenvalue weighted by molar-refractivity contribution is 5.27. The average Bonchev–Trinajstić information content (AvgIpc) is 2.40. The molecule has 18 heavy (non-hydrogen) atoms. The lowest BCUT2D eigenvalue weighted by Crippen LogP contribution is -2.28. The number of anilines is 1. The maximum atomic E-state index is 6.00. The molecule has 1 aliphatic rings. The number of hydrogen-bond donors (Lipinski definition) is 1. The van der Waals surface area contributed by atoms with Crippen LogP contribution in [0.2, 0.25) is 0 Å². The van der Waals surface area contributed by atoms with Crippen molar-refractivity contribution in [1.29, 1.82) is 0 Å². The molecule has 1 N–H and O–H groups in total. The Morgan fingerprint density at radius 3 is 3.00 bits per heavy atom. The van der Waals surface area contributed by atoms with Crippen LogP contribution < -0.4 is 10.1 Å². The summed E-state index contributed by atoms with van der Waals surface area (Å²) in [6, 6.07) is 1.85. The fraction of sp³-hybridized carbons (Fsp3) is 0.714. The first-order valence-electron chi connectivity index (χ1n) is 7.03. The summed E-state index contributed by atoms with van der Waals surface area (Å²) in [5.41, 5.74) is 0. The average molecular weight is 249 g/mol. The van der Waals surface area contributed by atoms with Gasteiger partial charge < -0.3 is 10.1 Å². The van der Waals surface area contributed by atoms with Crippen LogP contribution in [0.25, 0.3) is 0 Å². The zero-order valence-electron chi connectivity index (χ0n) is 11.4. The molecule has 1 heterocycles. The predicted molar refractivity (Wildman–Crippen MR) is 72.9 cm³/mol. The van der Waals surface area contributed by atoms with Crippen molar-refractivity contribution < 1.29 is 4.74 Å². The zero-order chi connectivity index (χ0) is 12.8. The van der Waals surface area contributed by atoms with Gasteiger partial charge in [0.25, 0.3) is 0 Å². The SMILES string of the molecule is CCCNc1nccc(OC2CCCCC2C)n1. The summed E-state index contributed by atoms with van der Waals surface area (Å²) < 4.78 is 6.00. The van der Waals surface area contributed by atoms with E-state index in [1.165, 1.54) is 19.3 Å². The van der Waals surface area contributed by atoms with Crippen LogP contribution in [-0.4, -0.2) is 22.6 Å². The van der Waals surface area contributed by atoms with E-state index in [0.29, 0.717) is 23.9 Å². The second-order valence-corrected chi connectivity index (χ2v) is 5.06. The van der Waals surface area contributed by atoms with Gasteiger partial charge in [0.2, 0.25) is 11.8 Å². The van der Waals surface area contributed by atoms with E-state index in [-0.39, 0.29) is 0 Å². The van der Waals surface area contributed by atoms with Gasteiger partial charge in [0.15, 0.2) is 0 Å². The largest absolute Gasteiger partial charge is 0.474 e. The molecule has 0 spiro atoms. The number of nitrogens with one attached hydrogen (secondary N) is 1. The lowest BCUT2D eigenvalue weighted by atomic mass is 9.88. The van der Waals surface area contributed by atoms with E-state index in [2.05, 4.69) is 29.1 Å². The smallest absolute Gasteiger partial charge is 0.225 e. The molecule has 1 aromatic rings. The summed E-state index contributed by atoms with van der Waals surface area (Å²) in [6.45, 7) is 5.28. The van der Waals surface area contributed by atoms with Crippen molar-refractivity contribution in [2.24, 2.45) is 5.92 Å². The van der Waals surface area contributed by atoms with Crippen LogP contribution in [0.3, 0.4) is 0 Å². The Hall–Kier alpha value is -1.32. The maximum absolute atomic E-state index is 6.00. The number of rotatable bonds is 5.